The molecule has 4 aromatic rings. The highest BCUT2D eigenvalue weighted by Crippen LogP contribution is 2.34. The van der Waals surface area contributed by atoms with Crippen molar-refractivity contribution in [2.45, 2.75) is 24.3 Å². The van der Waals surface area contributed by atoms with Crippen molar-refractivity contribution in [3.8, 4) is 5.75 Å². The van der Waals surface area contributed by atoms with Crippen molar-refractivity contribution in [1.82, 2.24) is 9.29 Å². The Kier molecular flexibility index (Phi) is 7.42. The van der Waals surface area contributed by atoms with Crippen LogP contribution in [0.1, 0.15) is 18.4 Å². The van der Waals surface area contributed by atoms with Crippen molar-refractivity contribution in [3.63, 3.8) is 0 Å². The Balaban J connectivity index is 1.37. The van der Waals surface area contributed by atoms with Gasteiger partial charge in [-0.05, 0) is 48.7 Å². The van der Waals surface area contributed by atoms with Gasteiger partial charge in [0.15, 0.2) is 16.8 Å². The number of rotatable bonds is 7. The Morgan fingerprint density at radius 3 is 2.47 bits per heavy atom. The number of carbonyl (C=O) groups excluding carboxylic acids is 1. The number of thiazole rings is 1. The number of piperidine rings is 1. The van der Waals surface area contributed by atoms with Gasteiger partial charge in [-0.25, -0.2) is 22.2 Å². The number of halogens is 2. The van der Waals surface area contributed by atoms with E-state index in [-0.39, 0.29) is 23.9 Å². The van der Waals surface area contributed by atoms with Crippen LogP contribution in [0.25, 0.3) is 10.2 Å². The minimum Gasteiger partial charge on any atom is -0.497 e. The molecule has 1 amide bonds. The largest absolute Gasteiger partial charge is 0.497 e. The van der Waals surface area contributed by atoms with Crippen LogP contribution in [0, 0.1) is 17.6 Å². The fraction of sp³-hybridized carbons (Fsp3) is 0.259. The van der Waals surface area contributed by atoms with Gasteiger partial charge in [0.25, 0.3) is 0 Å². The highest BCUT2D eigenvalue weighted by Gasteiger charge is 2.35. The third-order valence-corrected chi connectivity index (χ3v) is 9.55. The van der Waals surface area contributed by atoms with Crippen LogP contribution in [0.3, 0.4) is 0 Å². The second kappa shape index (κ2) is 10.8. The molecule has 2 heterocycles. The van der Waals surface area contributed by atoms with Crippen molar-refractivity contribution in [3.05, 3.63) is 83.9 Å². The number of amides is 1. The van der Waals surface area contributed by atoms with E-state index in [1.165, 1.54) is 15.6 Å². The first-order chi connectivity index (χ1) is 18.3. The summed E-state index contributed by atoms with van der Waals surface area (Å²) < 4.78 is 60.4. The van der Waals surface area contributed by atoms with Crippen LogP contribution in [0.5, 0.6) is 5.75 Å². The molecule has 38 heavy (non-hydrogen) atoms. The quantitative estimate of drug-likeness (QED) is 0.312. The summed E-state index contributed by atoms with van der Waals surface area (Å²) in [6.45, 7) is 0.506. The summed E-state index contributed by atoms with van der Waals surface area (Å²) in [4.78, 5) is 19.9. The summed E-state index contributed by atoms with van der Waals surface area (Å²) in [6, 6.07) is 17.7. The van der Waals surface area contributed by atoms with Gasteiger partial charge >= 0.3 is 0 Å². The van der Waals surface area contributed by atoms with Gasteiger partial charge in [0.2, 0.25) is 15.9 Å². The van der Waals surface area contributed by atoms with Crippen molar-refractivity contribution >= 4 is 42.6 Å². The first kappa shape index (κ1) is 26.2. The van der Waals surface area contributed by atoms with Gasteiger partial charge in [-0.2, -0.15) is 4.31 Å². The molecule has 0 bridgehead atoms. The smallest absolute Gasteiger partial charge is 0.243 e. The lowest BCUT2D eigenvalue weighted by Gasteiger charge is -2.33. The molecule has 3 aromatic carbocycles. The minimum absolute atomic E-state index is 0.0912. The number of hydrogen-bond donors (Lipinski definition) is 0. The zero-order valence-electron chi connectivity index (χ0n) is 20.5. The molecule has 198 valence electrons. The lowest BCUT2D eigenvalue weighted by Crippen LogP contribution is -2.44. The van der Waals surface area contributed by atoms with Gasteiger partial charge in [-0.3, -0.25) is 9.69 Å². The Hall–Kier alpha value is -3.41. The fourth-order valence-corrected chi connectivity index (χ4v) is 6.93. The zero-order valence-corrected chi connectivity index (χ0v) is 22.1. The van der Waals surface area contributed by atoms with Crippen LogP contribution in [0.4, 0.5) is 13.9 Å². The maximum absolute atomic E-state index is 13.8. The van der Waals surface area contributed by atoms with Crippen LogP contribution in [0.2, 0.25) is 0 Å². The Morgan fingerprint density at radius 1 is 1.05 bits per heavy atom. The average Bonchev–Trinajstić information content (AvgIpc) is 3.36. The maximum Gasteiger partial charge on any atom is 0.243 e. The third kappa shape index (κ3) is 5.27. The van der Waals surface area contributed by atoms with E-state index in [2.05, 4.69) is 0 Å². The van der Waals surface area contributed by atoms with Crippen LogP contribution >= 0.6 is 11.3 Å². The molecule has 7 nitrogen and oxygen atoms in total. The van der Waals surface area contributed by atoms with Gasteiger partial charge in [-0.15, -0.1) is 0 Å². The Bertz CT molecular complexity index is 1570. The molecule has 0 radical (unpaired) electrons. The second-order valence-electron chi connectivity index (χ2n) is 8.99. The number of sulfonamides is 1. The van der Waals surface area contributed by atoms with Crippen molar-refractivity contribution in [2.24, 2.45) is 5.92 Å². The number of hydrogen-bond acceptors (Lipinski definition) is 6. The number of anilines is 1. The molecule has 0 aliphatic carbocycles. The first-order valence-electron chi connectivity index (χ1n) is 12.0. The van der Waals surface area contributed by atoms with Crippen molar-refractivity contribution in [2.75, 3.05) is 25.1 Å². The molecular formula is C27H25F2N3O4S2. The molecule has 0 unspecified atom stereocenters. The second-order valence-corrected chi connectivity index (χ2v) is 11.9. The molecule has 1 aliphatic heterocycles. The number of nitrogens with zero attached hydrogens (tertiary/aromatic N) is 3. The van der Waals surface area contributed by atoms with Crippen molar-refractivity contribution in [1.29, 1.82) is 0 Å². The molecule has 1 saturated heterocycles. The van der Waals surface area contributed by atoms with Crippen LogP contribution < -0.4 is 9.64 Å². The summed E-state index contributed by atoms with van der Waals surface area (Å²) in [5, 5.41) is 0.555. The molecule has 1 aromatic heterocycles. The standard InChI is InChI=1S/C27H25F2N3O4S2/c1-36-20-7-10-25-24(15-20)30-27(37-25)32(17-18-5-3-2-4-6-18)26(33)19-11-13-31(14-12-19)38(34,35)21-8-9-22(28)23(29)16-21/h2-10,15-16,19H,11-14,17H2,1H3. The molecule has 0 N–H and O–H groups in total. The Morgan fingerprint density at radius 2 is 1.79 bits per heavy atom. The molecule has 5 rings (SSSR count). The fourth-order valence-electron chi connectivity index (χ4n) is 4.49. The van der Waals surface area contributed by atoms with E-state index < -0.39 is 27.6 Å². The highest BCUT2D eigenvalue weighted by molar-refractivity contribution is 7.89. The van der Waals surface area contributed by atoms with E-state index in [0.717, 1.165) is 27.9 Å². The van der Waals surface area contributed by atoms with E-state index in [1.54, 1.807) is 12.0 Å². The normalized spacial score (nSPS) is 15.0. The third-order valence-electron chi connectivity index (χ3n) is 6.60. The topological polar surface area (TPSA) is 79.8 Å². The summed E-state index contributed by atoms with van der Waals surface area (Å²) >= 11 is 1.41. The van der Waals surface area contributed by atoms with E-state index in [0.29, 0.717) is 36.3 Å². The number of fused-ring (bicyclic) bond motifs is 1. The van der Waals surface area contributed by atoms with E-state index in [4.69, 9.17) is 9.72 Å². The monoisotopic (exact) mass is 557 g/mol. The number of ether oxygens (including phenoxy) is 1. The molecule has 0 spiro atoms. The van der Waals surface area contributed by atoms with Crippen LogP contribution in [0.15, 0.2) is 71.6 Å². The summed E-state index contributed by atoms with van der Waals surface area (Å²) in [5.41, 5.74) is 1.67. The zero-order chi connectivity index (χ0) is 26.9. The molecule has 1 aliphatic rings. The van der Waals surface area contributed by atoms with E-state index >= 15 is 0 Å². The molecular weight excluding hydrogens is 532 g/mol. The summed E-state index contributed by atoms with van der Waals surface area (Å²) in [7, 11) is -2.43. The predicted molar refractivity (Wildman–Crippen MR) is 142 cm³/mol. The molecule has 1 fully saturated rings. The molecule has 0 saturated carbocycles. The van der Waals surface area contributed by atoms with Crippen molar-refractivity contribution < 1.29 is 26.7 Å². The van der Waals surface area contributed by atoms with Gasteiger partial charge < -0.3 is 4.74 Å². The molecule has 11 heteroatoms. The van der Waals surface area contributed by atoms with E-state index in [9.17, 15) is 22.0 Å². The highest BCUT2D eigenvalue weighted by atomic mass is 32.2. The van der Waals surface area contributed by atoms with E-state index in [1.807, 2.05) is 48.5 Å². The number of methoxy groups -OCH3 is 1. The molecule has 0 atom stereocenters. The number of aromatic nitrogens is 1. The predicted octanol–water partition coefficient (Wildman–Crippen LogP) is 5.22. The lowest BCUT2D eigenvalue weighted by atomic mass is 9.96. The Labute approximate surface area is 223 Å². The first-order valence-corrected chi connectivity index (χ1v) is 14.3. The van der Waals surface area contributed by atoms with Crippen LogP contribution in [-0.2, 0) is 21.4 Å². The lowest BCUT2D eigenvalue weighted by molar-refractivity contribution is -0.123. The van der Waals surface area contributed by atoms with Gasteiger partial charge in [0.1, 0.15) is 5.75 Å². The summed E-state index contributed by atoms with van der Waals surface area (Å²) in [5.74, 6) is -2.22. The minimum atomic E-state index is -4.02. The SMILES string of the molecule is COc1ccc2sc(N(Cc3ccccc3)C(=O)C3CCN(S(=O)(=O)c4ccc(F)c(F)c4)CC3)nc2c1. The van der Waals surface area contributed by atoms with Crippen LogP contribution in [-0.4, -0.2) is 43.8 Å². The summed E-state index contributed by atoms with van der Waals surface area (Å²) in [6.07, 6.45) is 0.595. The van der Waals surface area contributed by atoms with Gasteiger partial charge in [0.05, 0.1) is 28.8 Å². The number of carbonyl (C=O) groups is 1. The van der Waals surface area contributed by atoms with Gasteiger partial charge in [-0.1, -0.05) is 41.7 Å². The average molecular weight is 558 g/mol. The maximum atomic E-state index is 13.8. The number of benzene rings is 3. The van der Waals surface area contributed by atoms with Gasteiger partial charge in [0, 0.05) is 25.1 Å².